The average Bonchev–Trinajstić information content (AvgIpc) is 2.54. The van der Waals surface area contributed by atoms with Crippen molar-refractivity contribution in [3.63, 3.8) is 0 Å². The molecule has 24 heavy (non-hydrogen) atoms. The lowest BCUT2D eigenvalue weighted by Gasteiger charge is -2.40. The molecule has 5 heteroatoms. The van der Waals surface area contributed by atoms with Crippen LogP contribution in [0.3, 0.4) is 0 Å². The van der Waals surface area contributed by atoms with E-state index in [-0.39, 0.29) is 17.7 Å². The quantitative estimate of drug-likeness (QED) is 0.866. The maximum Gasteiger partial charge on any atom is 0.241 e. The lowest BCUT2D eigenvalue weighted by atomic mass is 10.1. The Hall–Kier alpha value is -1.98. The number of carbonyl (C=O) groups excluding carboxylic acids is 1. The Morgan fingerprint density at radius 2 is 2.00 bits per heavy atom. The number of phenolic OH excluding ortho intramolecular Hbond substituents is 1. The third-order valence-electron chi connectivity index (χ3n) is 4.25. The van der Waals surface area contributed by atoms with Crippen molar-refractivity contribution in [2.75, 3.05) is 24.2 Å². The number of aromatic hydroxyl groups is 1. The van der Waals surface area contributed by atoms with Gasteiger partial charge in [0.05, 0.1) is 12.2 Å². The average molecular weight is 342 g/mol. The molecular weight excluding hydrogens is 320 g/mol. The van der Waals surface area contributed by atoms with Gasteiger partial charge in [0, 0.05) is 24.0 Å². The number of hydrogen-bond acceptors (Lipinski definition) is 4. The number of thioether (sulfide) groups is 1. The zero-order chi connectivity index (χ0) is 17.1. The number of piperazine rings is 1. The maximum atomic E-state index is 12.8. The highest BCUT2D eigenvalue weighted by Crippen LogP contribution is 2.31. The molecule has 2 aromatic rings. The molecule has 1 saturated heterocycles. The van der Waals surface area contributed by atoms with Gasteiger partial charge < -0.3 is 10.0 Å². The van der Waals surface area contributed by atoms with Crippen LogP contribution in [0.5, 0.6) is 5.75 Å². The minimum Gasteiger partial charge on any atom is -0.508 e. The fourth-order valence-electron chi connectivity index (χ4n) is 3.27. The number of nitrogens with zero attached hydrogens (tertiary/aromatic N) is 2. The molecule has 126 valence electrons. The van der Waals surface area contributed by atoms with Crippen molar-refractivity contribution in [1.29, 1.82) is 0 Å². The van der Waals surface area contributed by atoms with Crippen molar-refractivity contribution in [3.05, 3.63) is 54.1 Å². The first-order chi connectivity index (χ1) is 11.6. The van der Waals surface area contributed by atoms with Crippen LogP contribution < -0.4 is 4.90 Å². The molecule has 0 radical (unpaired) electrons. The van der Waals surface area contributed by atoms with Crippen molar-refractivity contribution < 1.29 is 9.90 Å². The van der Waals surface area contributed by atoms with Crippen molar-refractivity contribution in [1.82, 2.24) is 4.90 Å². The van der Waals surface area contributed by atoms with E-state index >= 15 is 0 Å². The van der Waals surface area contributed by atoms with E-state index in [1.165, 1.54) is 0 Å². The summed E-state index contributed by atoms with van der Waals surface area (Å²) >= 11 is 1.66. The van der Waals surface area contributed by atoms with Crippen molar-refractivity contribution in [2.45, 2.75) is 24.4 Å². The van der Waals surface area contributed by atoms with Gasteiger partial charge in [-0.15, -0.1) is 11.8 Å². The van der Waals surface area contributed by atoms with Crippen LogP contribution in [0.1, 0.15) is 12.5 Å². The summed E-state index contributed by atoms with van der Waals surface area (Å²) in [7, 11) is 0. The van der Waals surface area contributed by atoms with Gasteiger partial charge in [-0.25, -0.2) is 0 Å². The topological polar surface area (TPSA) is 43.8 Å². The molecule has 1 amide bonds. The Morgan fingerprint density at radius 3 is 2.71 bits per heavy atom. The summed E-state index contributed by atoms with van der Waals surface area (Å²) in [4.78, 5) is 18.0. The number of hydrogen-bond donors (Lipinski definition) is 1. The second kappa shape index (κ2) is 7.28. The Morgan fingerprint density at radius 1 is 1.21 bits per heavy atom. The van der Waals surface area contributed by atoms with Crippen LogP contribution in [0.15, 0.2) is 53.4 Å². The summed E-state index contributed by atoms with van der Waals surface area (Å²) in [5, 5.41) is 9.60. The fourth-order valence-corrected chi connectivity index (χ4v) is 3.86. The third-order valence-corrected chi connectivity index (χ3v) is 5.04. The lowest BCUT2D eigenvalue weighted by molar-refractivity contribution is -0.122. The highest BCUT2D eigenvalue weighted by Gasteiger charge is 2.31. The molecule has 1 heterocycles. The van der Waals surface area contributed by atoms with Gasteiger partial charge >= 0.3 is 0 Å². The molecule has 0 bridgehead atoms. The zero-order valence-corrected chi connectivity index (χ0v) is 14.8. The minimum absolute atomic E-state index is 0.108. The van der Waals surface area contributed by atoms with Gasteiger partial charge in [-0.05, 0) is 43.0 Å². The summed E-state index contributed by atoms with van der Waals surface area (Å²) in [6.45, 7) is 3.96. The molecule has 0 aliphatic carbocycles. The summed E-state index contributed by atoms with van der Waals surface area (Å²) in [5.74, 6) is 0.384. The van der Waals surface area contributed by atoms with Gasteiger partial charge in [0.25, 0.3) is 0 Å². The molecule has 4 nitrogen and oxygen atoms in total. The molecule has 0 aromatic heterocycles. The molecule has 1 aliphatic heterocycles. The number of phenols is 1. The van der Waals surface area contributed by atoms with Gasteiger partial charge in [0.2, 0.25) is 5.91 Å². The predicted molar refractivity (Wildman–Crippen MR) is 98.6 cm³/mol. The Bertz CT molecular complexity index is 735. The molecule has 1 fully saturated rings. The normalized spacial score (nSPS) is 18.8. The molecule has 0 spiro atoms. The molecule has 1 aliphatic rings. The van der Waals surface area contributed by atoms with Gasteiger partial charge in [-0.2, -0.15) is 0 Å². The van der Waals surface area contributed by atoms with E-state index in [0.29, 0.717) is 13.1 Å². The molecule has 1 atom stereocenters. The molecule has 0 saturated carbocycles. The van der Waals surface area contributed by atoms with E-state index in [1.54, 1.807) is 23.9 Å². The Labute approximate surface area is 147 Å². The largest absolute Gasteiger partial charge is 0.508 e. The van der Waals surface area contributed by atoms with Gasteiger partial charge in [-0.1, -0.05) is 24.3 Å². The molecule has 2 aromatic carbocycles. The van der Waals surface area contributed by atoms with Crippen molar-refractivity contribution >= 4 is 23.4 Å². The first-order valence-corrected chi connectivity index (χ1v) is 9.26. The second-order valence-electron chi connectivity index (χ2n) is 6.12. The number of carbonyl (C=O) groups is 1. The highest BCUT2D eigenvalue weighted by atomic mass is 32.2. The van der Waals surface area contributed by atoms with Gasteiger partial charge in [0.1, 0.15) is 5.75 Å². The second-order valence-corrected chi connectivity index (χ2v) is 6.97. The van der Waals surface area contributed by atoms with Crippen LogP contribution in [0.2, 0.25) is 0 Å². The SMILES string of the molecule is CSc1ccccc1N1C(=O)CN(Cc2cccc(O)c2)C[C@@H]1C. The van der Waals surface area contributed by atoms with Crippen LogP contribution in [0.25, 0.3) is 0 Å². The van der Waals surface area contributed by atoms with E-state index < -0.39 is 0 Å². The van der Waals surface area contributed by atoms with Gasteiger partial charge in [0.15, 0.2) is 0 Å². The Kier molecular flexibility index (Phi) is 5.11. The molecule has 1 N–H and O–H groups in total. The van der Waals surface area contributed by atoms with Crippen LogP contribution in [-0.2, 0) is 11.3 Å². The molecular formula is C19H22N2O2S. The van der Waals surface area contributed by atoms with E-state index in [1.807, 2.05) is 41.5 Å². The number of amides is 1. The molecule has 0 unspecified atom stereocenters. The van der Waals surface area contributed by atoms with E-state index in [0.717, 1.165) is 22.7 Å². The lowest BCUT2D eigenvalue weighted by Crippen LogP contribution is -2.55. The van der Waals surface area contributed by atoms with E-state index in [9.17, 15) is 9.90 Å². The predicted octanol–water partition coefficient (Wildman–Crippen LogP) is 3.35. The summed E-state index contributed by atoms with van der Waals surface area (Å²) in [5.41, 5.74) is 2.02. The van der Waals surface area contributed by atoms with E-state index in [4.69, 9.17) is 0 Å². The summed E-state index contributed by atoms with van der Waals surface area (Å²) in [6.07, 6.45) is 2.03. The van der Waals surface area contributed by atoms with Crippen LogP contribution in [0.4, 0.5) is 5.69 Å². The third kappa shape index (κ3) is 3.57. The first-order valence-electron chi connectivity index (χ1n) is 8.04. The fraction of sp³-hybridized carbons (Fsp3) is 0.316. The summed E-state index contributed by atoms with van der Waals surface area (Å²) in [6, 6.07) is 15.4. The number of para-hydroxylation sites is 1. The van der Waals surface area contributed by atoms with Crippen molar-refractivity contribution in [3.8, 4) is 5.75 Å². The smallest absolute Gasteiger partial charge is 0.241 e. The maximum absolute atomic E-state index is 12.8. The number of anilines is 1. The Balaban J connectivity index is 1.76. The highest BCUT2D eigenvalue weighted by molar-refractivity contribution is 7.98. The van der Waals surface area contributed by atoms with Gasteiger partial charge in [-0.3, -0.25) is 9.69 Å². The van der Waals surface area contributed by atoms with Crippen molar-refractivity contribution in [2.24, 2.45) is 0 Å². The molecule has 3 rings (SSSR count). The minimum atomic E-state index is 0.108. The van der Waals surface area contributed by atoms with Crippen LogP contribution in [0, 0.1) is 0 Å². The van der Waals surface area contributed by atoms with E-state index in [2.05, 4.69) is 17.9 Å². The standard InChI is InChI=1S/C19H22N2O2S/c1-14-11-20(12-15-6-5-7-16(22)10-15)13-19(23)21(14)17-8-3-4-9-18(17)24-2/h3-10,14,22H,11-13H2,1-2H3/t14-/m0/s1. The number of rotatable bonds is 4. The number of benzene rings is 2. The monoisotopic (exact) mass is 342 g/mol. The zero-order valence-electron chi connectivity index (χ0n) is 14.0. The van der Waals surface area contributed by atoms with Crippen LogP contribution >= 0.6 is 11.8 Å². The van der Waals surface area contributed by atoms with Crippen LogP contribution in [-0.4, -0.2) is 41.3 Å². The summed E-state index contributed by atoms with van der Waals surface area (Å²) < 4.78 is 0. The first kappa shape index (κ1) is 16.9.